The molecule has 2 aliphatic heterocycles. The molecule has 0 spiro atoms. The molecule has 0 saturated carbocycles. The third kappa shape index (κ3) is 3.88. The first-order chi connectivity index (χ1) is 13.6. The number of hydrogen-bond acceptors (Lipinski definition) is 6. The van der Waals surface area contributed by atoms with Crippen LogP contribution < -0.4 is 5.32 Å². The highest BCUT2D eigenvalue weighted by Crippen LogP contribution is 2.25. The molecule has 146 valence electrons. The molecular formula is C22H26N4O2. The molecule has 1 atom stereocenters. The van der Waals surface area contributed by atoms with Gasteiger partial charge in [-0.05, 0) is 50.6 Å². The number of pyridine rings is 2. The summed E-state index contributed by atoms with van der Waals surface area (Å²) in [5.74, 6) is 0.220. The number of Topliss-reactive ketones (excluding diaryl/α,β-unsaturated/α-hetero) is 1. The fourth-order valence-electron chi connectivity index (χ4n) is 3.97. The van der Waals surface area contributed by atoms with E-state index >= 15 is 0 Å². The molecule has 1 saturated heterocycles. The second-order valence-corrected chi connectivity index (χ2v) is 7.73. The van der Waals surface area contributed by atoms with E-state index in [1.54, 1.807) is 6.20 Å². The zero-order valence-corrected chi connectivity index (χ0v) is 16.5. The van der Waals surface area contributed by atoms with Crippen LogP contribution >= 0.6 is 0 Å². The van der Waals surface area contributed by atoms with Crippen molar-refractivity contribution in [3.05, 3.63) is 58.7 Å². The van der Waals surface area contributed by atoms with Crippen molar-refractivity contribution in [1.29, 1.82) is 0 Å². The molecule has 0 radical (unpaired) electrons. The van der Waals surface area contributed by atoms with Gasteiger partial charge in [-0.25, -0.2) is 0 Å². The van der Waals surface area contributed by atoms with Crippen molar-refractivity contribution in [1.82, 2.24) is 15.3 Å². The van der Waals surface area contributed by atoms with Gasteiger partial charge >= 0.3 is 0 Å². The Morgan fingerprint density at radius 1 is 1.32 bits per heavy atom. The molecular weight excluding hydrogens is 352 g/mol. The summed E-state index contributed by atoms with van der Waals surface area (Å²) in [6.07, 6.45) is 6.35. The van der Waals surface area contributed by atoms with Crippen LogP contribution in [0.25, 0.3) is 0 Å². The van der Waals surface area contributed by atoms with E-state index < -0.39 is 0 Å². The number of nitrogens with one attached hydrogen (secondary N) is 1. The fourth-order valence-corrected chi connectivity index (χ4v) is 3.97. The zero-order valence-electron chi connectivity index (χ0n) is 16.5. The van der Waals surface area contributed by atoms with E-state index in [0.29, 0.717) is 26.0 Å². The minimum Gasteiger partial charge on any atom is -0.379 e. The number of aromatic nitrogens is 2. The van der Waals surface area contributed by atoms with E-state index in [1.165, 1.54) is 0 Å². The zero-order chi connectivity index (χ0) is 19.6. The number of nitrogens with zero attached hydrogens (tertiary/aromatic N) is 3. The van der Waals surface area contributed by atoms with Crippen LogP contribution in [0, 0.1) is 6.92 Å². The largest absolute Gasteiger partial charge is 0.379 e. The lowest BCUT2D eigenvalue weighted by molar-refractivity contribution is -0.118. The lowest BCUT2D eigenvalue weighted by Gasteiger charge is -2.26. The molecule has 4 heterocycles. The quantitative estimate of drug-likeness (QED) is 0.801. The highest BCUT2D eigenvalue weighted by molar-refractivity contribution is 6.15. The summed E-state index contributed by atoms with van der Waals surface area (Å²) in [6.45, 7) is 4.06. The number of hydrogen-bond donors (Lipinski definition) is 1. The van der Waals surface area contributed by atoms with Crippen LogP contribution in [0.3, 0.4) is 0 Å². The highest BCUT2D eigenvalue weighted by Gasteiger charge is 2.33. The van der Waals surface area contributed by atoms with Crippen LogP contribution in [-0.4, -0.2) is 47.3 Å². The lowest BCUT2D eigenvalue weighted by Crippen LogP contribution is -2.43. The molecule has 6 heteroatoms. The Morgan fingerprint density at radius 3 is 2.96 bits per heavy atom. The highest BCUT2D eigenvalue weighted by atomic mass is 16.5. The molecule has 2 aromatic rings. The number of ether oxygens (including phenoxy) is 1. The Bertz CT molecular complexity index is 917. The Morgan fingerprint density at radius 2 is 2.21 bits per heavy atom. The molecule has 0 amide bonds. The van der Waals surface area contributed by atoms with Gasteiger partial charge in [-0.1, -0.05) is 0 Å². The number of carbonyl (C=O) groups excluding carboxylic acids is 1. The molecule has 0 aliphatic carbocycles. The molecule has 2 aliphatic rings. The SMILES string of the molecule is CNC1(CCC(=O)Cc2cc3c(cn2)C(c2ccnc(C)c2)=NC3)CCOC1. The van der Waals surface area contributed by atoms with Crippen LogP contribution in [0.15, 0.2) is 35.6 Å². The van der Waals surface area contributed by atoms with Crippen molar-refractivity contribution < 1.29 is 9.53 Å². The Labute approximate surface area is 165 Å². The maximum absolute atomic E-state index is 12.5. The number of fused-ring (bicyclic) bond motifs is 1. The monoisotopic (exact) mass is 378 g/mol. The Balaban J connectivity index is 1.41. The minimum absolute atomic E-state index is 0.0492. The molecule has 1 N–H and O–H groups in total. The van der Waals surface area contributed by atoms with Crippen LogP contribution in [0.4, 0.5) is 0 Å². The number of aliphatic imine (C=N–C) groups is 1. The number of rotatable bonds is 7. The number of likely N-dealkylation sites (N-methyl/N-ethyl adjacent to an activating group) is 1. The summed E-state index contributed by atoms with van der Waals surface area (Å²) in [6, 6.07) is 6.04. The number of aryl methyl sites for hydroxylation is 1. The molecule has 28 heavy (non-hydrogen) atoms. The van der Waals surface area contributed by atoms with Gasteiger partial charge in [0.15, 0.2) is 0 Å². The van der Waals surface area contributed by atoms with Gasteiger partial charge < -0.3 is 10.1 Å². The van der Waals surface area contributed by atoms with Crippen molar-refractivity contribution in [2.45, 2.75) is 44.7 Å². The second kappa shape index (κ2) is 7.89. The summed E-state index contributed by atoms with van der Waals surface area (Å²) in [5, 5.41) is 3.34. The third-order valence-electron chi connectivity index (χ3n) is 5.77. The van der Waals surface area contributed by atoms with Crippen molar-refractivity contribution in [3.8, 4) is 0 Å². The summed E-state index contributed by atoms with van der Waals surface area (Å²) < 4.78 is 5.50. The Kier molecular flexibility index (Phi) is 5.33. The lowest BCUT2D eigenvalue weighted by atomic mass is 9.91. The smallest absolute Gasteiger partial charge is 0.138 e. The summed E-state index contributed by atoms with van der Waals surface area (Å²) >= 11 is 0. The van der Waals surface area contributed by atoms with Crippen LogP contribution in [-0.2, 0) is 22.5 Å². The first kappa shape index (κ1) is 18.9. The van der Waals surface area contributed by atoms with Crippen molar-refractivity contribution in [2.24, 2.45) is 4.99 Å². The molecule has 4 rings (SSSR count). The van der Waals surface area contributed by atoms with E-state index in [9.17, 15) is 4.79 Å². The summed E-state index contributed by atoms with van der Waals surface area (Å²) in [5.41, 5.74) is 5.96. The van der Waals surface area contributed by atoms with Gasteiger partial charge in [0.2, 0.25) is 0 Å². The minimum atomic E-state index is -0.0492. The van der Waals surface area contributed by atoms with Gasteiger partial charge in [0.1, 0.15) is 5.78 Å². The van der Waals surface area contributed by atoms with E-state index in [2.05, 4.69) is 20.3 Å². The molecule has 1 fully saturated rings. The van der Waals surface area contributed by atoms with E-state index in [4.69, 9.17) is 4.74 Å². The summed E-state index contributed by atoms with van der Waals surface area (Å²) in [7, 11) is 1.95. The standard InChI is InChI=1S/C22H26N4O2/c1-15-9-16(4-7-24-15)21-20-13-25-18(10-17(20)12-26-21)11-19(27)3-5-22(23-2)6-8-28-14-22/h4,7,9-10,13,23H,3,5-6,8,11-12,14H2,1-2H3. The fraction of sp³-hybridized carbons (Fsp3) is 0.455. The second-order valence-electron chi connectivity index (χ2n) is 7.73. The molecule has 2 aromatic heterocycles. The van der Waals surface area contributed by atoms with E-state index in [-0.39, 0.29) is 11.3 Å². The molecule has 0 bridgehead atoms. The van der Waals surface area contributed by atoms with Gasteiger partial charge in [0.25, 0.3) is 0 Å². The average Bonchev–Trinajstić information content (AvgIpc) is 3.34. The number of carbonyl (C=O) groups is 1. The van der Waals surface area contributed by atoms with Gasteiger partial charge in [0, 0.05) is 59.9 Å². The van der Waals surface area contributed by atoms with Crippen molar-refractivity contribution >= 4 is 11.5 Å². The van der Waals surface area contributed by atoms with Crippen LogP contribution in [0.1, 0.15) is 47.3 Å². The van der Waals surface area contributed by atoms with Crippen molar-refractivity contribution in [3.63, 3.8) is 0 Å². The first-order valence-electron chi connectivity index (χ1n) is 9.83. The maximum Gasteiger partial charge on any atom is 0.138 e. The van der Waals surface area contributed by atoms with Crippen LogP contribution in [0.2, 0.25) is 0 Å². The normalized spacial score (nSPS) is 20.9. The first-order valence-corrected chi connectivity index (χ1v) is 9.83. The molecule has 1 unspecified atom stereocenters. The maximum atomic E-state index is 12.5. The van der Waals surface area contributed by atoms with Gasteiger partial charge in [-0.3, -0.25) is 19.8 Å². The summed E-state index contributed by atoms with van der Waals surface area (Å²) in [4.78, 5) is 26.0. The van der Waals surface area contributed by atoms with E-state index in [1.807, 2.05) is 38.4 Å². The van der Waals surface area contributed by atoms with E-state index in [0.717, 1.165) is 53.2 Å². The van der Waals surface area contributed by atoms with Crippen molar-refractivity contribution in [2.75, 3.05) is 20.3 Å². The van der Waals surface area contributed by atoms with Gasteiger partial charge in [-0.2, -0.15) is 0 Å². The van der Waals surface area contributed by atoms with Gasteiger partial charge in [0.05, 0.1) is 18.9 Å². The van der Waals surface area contributed by atoms with Gasteiger partial charge in [-0.15, -0.1) is 0 Å². The van der Waals surface area contributed by atoms with Crippen LogP contribution in [0.5, 0.6) is 0 Å². The average molecular weight is 378 g/mol. The molecule has 0 aromatic carbocycles. The Hall–Kier alpha value is -2.44. The number of ketones is 1. The predicted octanol–water partition coefficient (Wildman–Crippen LogP) is 2.41. The topological polar surface area (TPSA) is 76.5 Å². The third-order valence-corrected chi connectivity index (χ3v) is 5.77. The molecule has 6 nitrogen and oxygen atoms in total. The predicted molar refractivity (Wildman–Crippen MR) is 108 cm³/mol.